The topological polar surface area (TPSA) is 181 Å². The first-order valence-electron chi connectivity index (χ1n) is 19.5. The second kappa shape index (κ2) is 15.7. The number of aliphatic hydroxyl groups excluding tert-OH is 1. The molecular weight excluding hydrogens is 727 g/mol. The molecule has 2 atom stereocenters. The number of aromatic nitrogens is 4. The molecule has 4 bridgehead atoms. The number of aromatic carboxylic acids is 1. The molecule has 0 amide bonds. The van der Waals surface area contributed by atoms with E-state index in [1.807, 2.05) is 44.2 Å². The Balaban J connectivity index is 1.06. The average Bonchev–Trinajstić information content (AvgIpc) is 3.55. The van der Waals surface area contributed by atoms with Crippen molar-refractivity contribution in [3.05, 3.63) is 65.0 Å². The number of aryl methyl sites for hydroxylation is 1. The van der Waals surface area contributed by atoms with Gasteiger partial charge >= 0.3 is 5.97 Å². The lowest BCUT2D eigenvalue weighted by atomic mass is 9.39. The zero-order valence-corrected chi connectivity index (χ0v) is 33.9. The van der Waals surface area contributed by atoms with E-state index in [0.29, 0.717) is 41.4 Å². The summed E-state index contributed by atoms with van der Waals surface area (Å²) in [5, 5.41) is 49.7. The number of carboxylic acid groups (broad SMARTS) is 1. The van der Waals surface area contributed by atoms with E-state index in [1.54, 1.807) is 24.1 Å². The van der Waals surface area contributed by atoms with Crippen molar-refractivity contribution in [2.24, 2.45) is 16.2 Å². The Labute approximate surface area is 332 Å². The molecule has 3 aromatic heterocycles. The highest BCUT2D eigenvalue weighted by atomic mass is 32.1. The van der Waals surface area contributed by atoms with Gasteiger partial charge in [0, 0.05) is 38.0 Å². The molecule has 56 heavy (non-hydrogen) atoms. The van der Waals surface area contributed by atoms with Gasteiger partial charge in [-0.25, -0.2) is 14.8 Å². The number of nitrogens with zero attached hydrogens (tertiary/aromatic N) is 6. The minimum atomic E-state index is -1.22. The van der Waals surface area contributed by atoms with Crippen LogP contribution in [0.5, 0.6) is 0 Å². The van der Waals surface area contributed by atoms with Gasteiger partial charge in [0.05, 0.1) is 28.0 Å². The van der Waals surface area contributed by atoms with Crippen LogP contribution in [0.25, 0.3) is 15.8 Å². The SMILES string of the molecule is C/C(NCC12CC3(C)CC(C)(C1)CC(OCCNCCCCO)(C3)C2)=C(/C#N)c1ccc(N(C)c2cc(C)c(Nc3nc4ccccc4s3)nn2)nc1C(=O)O. The van der Waals surface area contributed by atoms with Gasteiger partial charge in [-0.2, -0.15) is 5.26 Å². The summed E-state index contributed by atoms with van der Waals surface area (Å²) in [6.07, 6.45) is 8.20. The van der Waals surface area contributed by atoms with E-state index in [2.05, 4.69) is 56.0 Å². The Kier molecular flexibility index (Phi) is 11.1. The van der Waals surface area contributed by atoms with E-state index >= 15 is 0 Å². The first-order chi connectivity index (χ1) is 26.8. The Morgan fingerprint density at radius 2 is 1.77 bits per heavy atom. The smallest absolute Gasteiger partial charge is 0.355 e. The van der Waals surface area contributed by atoms with Gasteiger partial charge in [0.25, 0.3) is 0 Å². The van der Waals surface area contributed by atoms with Crippen molar-refractivity contribution in [1.82, 2.24) is 30.8 Å². The van der Waals surface area contributed by atoms with Crippen molar-refractivity contribution in [1.29, 1.82) is 5.26 Å². The molecule has 0 radical (unpaired) electrons. The van der Waals surface area contributed by atoms with Crippen LogP contribution < -0.4 is 20.9 Å². The van der Waals surface area contributed by atoms with Crippen LogP contribution in [0, 0.1) is 34.5 Å². The number of hydrogen-bond acceptors (Lipinski definition) is 13. The van der Waals surface area contributed by atoms with Gasteiger partial charge in [-0.3, -0.25) is 0 Å². The normalized spacial score (nSPS) is 25.5. The Morgan fingerprint density at radius 1 is 1.00 bits per heavy atom. The first-order valence-corrected chi connectivity index (χ1v) is 20.3. The Bertz CT molecular complexity index is 2130. The molecule has 8 rings (SSSR count). The largest absolute Gasteiger partial charge is 0.476 e. The molecule has 4 saturated carbocycles. The maximum atomic E-state index is 12.7. The lowest BCUT2D eigenvalue weighted by Gasteiger charge is -2.69. The number of pyridine rings is 1. The fourth-order valence-corrected chi connectivity index (χ4v) is 11.5. The van der Waals surface area contributed by atoms with Crippen molar-refractivity contribution in [3.63, 3.8) is 0 Å². The number of hydrogen-bond donors (Lipinski definition) is 5. The molecule has 296 valence electrons. The van der Waals surface area contributed by atoms with Gasteiger partial charge in [-0.1, -0.05) is 37.3 Å². The number of unbranched alkanes of at least 4 members (excludes halogenated alkanes) is 1. The van der Waals surface area contributed by atoms with Crippen LogP contribution in [0.15, 0.2) is 48.2 Å². The predicted molar refractivity (Wildman–Crippen MR) is 219 cm³/mol. The fourth-order valence-electron chi connectivity index (χ4n) is 10.7. The number of nitriles is 1. The number of ether oxygens (including phenoxy) is 1. The zero-order valence-electron chi connectivity index (χ0n) is 33.0. The number of para-hydroxylation sites is 1. The van der Waals surface area contributed by atoms with Crippen LogP contribution in [0.3, 0.4) is 0 Å². The minimum Gasteiger partial charge on any atom is -0.476 e. The van der Waals surface area contributed by atoms with Crippen LogP contribution in [0.1, 0.15) is 93.8 Å². The van der Waals surface area contributed by atoms with Crippen LogP contribution in [-0.4, -0.2) is 81.8 Å². The summed E-state index contributed by atoms with van der Waals surface area (Å²) >= 11 is 1.53. The molecule has 4 aromatic rings. The second-order valence-electron chi connectivity index (χ2n) is 17.1. The number of carbonyl (C=O) groups is 1. The number of fused-ring (bicyclic) bond motifs is 1. The molecule has 14 heteroatoms. The van der Waals surface area contributed by atoms with Crippen molar-refractivity contribution >= 4 is 55.7 Å². The molecule has 4 aliphatic carbocycles. The van der Waals surface area contributed by atoms with Gasteiger partial charge in [0.2, 0.25) is 0 Å². The number of aliphatic hydroxyl groups is 1. The third-order valence-corrected chi connectivity index (χ3v) is 12.8. The van der Waals surface area contributed by atoms with E-state index in [9.17, 15) is 15.2 Å². The third-order valence-electron chi connectivity index (χ3n) is 11.8. The van der Waals surface area contributed by atoms with Crippen molar-refractivity contribution < 1.29 is 19.7 Å². The summed E-state index contributed by atoms with van der Waals surface area (Å²) in [4.78, 5) is 23.5. The number of nitrogens with one attached hydrogen (secondary N) is 3. The molecule has 0 aliphatic heterocycles. The molecule has 5 N–H and O–H groups in total. The molecule has 0 spiro atoms. The minimum absolute atomic E-state index is 0.00625. The molecule has 0 saturated heterocycles. The lowest BCUT2D eigenvalue weighted by molar-refractivity contribution is -0.242. The van der Waals surface area contributed by atoms with E-state index in [-0.39, 0.29) is 45.3 Å². The highest BCUT2D eigenvalue weighted by Crippen LogP contribution is 2.71. The van der Waals surface area contributed by atoms with E-state index < -0.39 is 5.97 Å². The molecule has 3 heterocycles. The quantitative estimate of drug-likeness (QED) is 0.0531. The van der Waals surface area contributed by atoms with Gasteiger partial charge in [0.1, 0.15) is 11.9 Å². The van der Waals surface area contributed by atoms with Gasteiger partial charge in [0.15, 0.2) is 22.5 Å². The highest BCUT2D eigenvalue weighted by molar-refractivity contribution is 7.22. The lowest BCUT2D eigenvalue weighted by Crippen LogP contribution is -2.65. The van der Waals surface area contributed by atoms with Gasteiger partial charge in [-0.15, -0.1) is 10.2 Å². The standard InChI is InChI=1S/C42H53N9O4S/c1-27-18-34(49-50-36(27)48-38-46-31-10-6-7-11-32(31)56-38)51(5)33-13-12-29(35(47-33)37(53)54)30(19-43)28(2)45-26-41-21-39(3)20-40(4,22-41)24-42(23-39,25-41)55-17-15-44-14-8-9-16-52/h6-7,10-13,18,44-45,52H,8-9,14-17,20-26H2,1-5H3,(H,53,54)(H,46,48,50)/b30-28+. The molecule has 4 fully saturated rings. The Morgan fingerprint density at radius 3 is 2.46 bits per heavy atom. The summed E-state index contributed by atoms with van der Waals surface area (Å²) in [6, 6.07) is 15.4. The van der Waals surface area contributed by atoms with Crippen molar-refractivity contribution in [3.8, 4) is 6.07 Å². The number of allylic oxidation sites excluding steroid dienone is 2. The van der Waals surface area contributed by atoms with E-state index in [1.165, 1.54) is 17.8 Å². The van der Waals surface area contributed by atoms with Crippen molar-refractivity contribution in [2.45, 2.75) is 84.7 Å². The zero-order chi connectivity index (χ0) is 39.7. The molecular formula is C42H53N9O4S. The number of anilines is 4. The molecule has 13 nitrogen and oxygen atoms in total. The fraction of sp³-hybridized carbons (Fsp3) is 0.524. The monoisotopic (exact) mass is 779 g/mol. The van der Waals surface area contributed by atoms with E-state index in [0.717, 1.165) is 73.8 Å². The molecule has 4 aliphatic rings. The highest BCUT2D eigenvalue weighted by Gasteiger charge is 2.66. The van der Waals surface area contributed by atoms with Crippen LogP contribution in [0.2, 0.25) is 0 Å². The van der Waals surface area contributed by atoms with Gasteiger partial charge < -0.3 is 35.8 Å². The van der Waals surface area contributed by atoms with Gasteiger partial charge in [-0.05, 0) is 124 Å². The van der Waals surface area contributed by atoms with E-state index in [4.69, 9.17) is 9.84 Å². The van der Waals surface area contributed by atoms with Crippen LogP contribution >= 0.6 is 11.3 Å². The first kappa shape index (κ1) is 39.6. The summed E-state index contributed by atoms with van der Waals surface area (Å²) < 4.78 is 7.87. The summed E-state index contributed by atoms with van der Waals surface area (Å²) in [7, 11) is 1.75. The number of thiazole rings is 1. The molecule has 1 aromatic carbocycles. The average molecular weight is 780 g/mol. The summed E-state index contributed by atoms with van der Waals surface area (Å²) in [5.74, 6) is 0.185. The summed E-state index contributed by atoms with van der Waals surface area (Å²) in [5.41, 5.74) is 2.83. The third kappa shape index (κ3) is 8.23. The number of rotatable bonds is 17. The van der Waals surface area contributed by atoms with Crippen LogP contribution in [-0.2, 0) is 4.74 Å². The Hall–Kier alpha value is -4.68. The maximum Gasteiger partial charge on any atom is 0.355 e. The predicted octanol–water partition coefficient (Wildman–Crippen LogP) is 7.34. The maximum absolute atomic E-state index is 12.7. The second-order valence-corrected chi connectivity index (χ2v) is 18.2. The van der Waals surface area contributed by atoms with Crippen molar-refractivity contribution in [2.75, 3.05) is 50.1 Å². The number of benzene rings is 1. The molecule has 2 unspecified atom stereocenters. The number of carboxylic acids is 1. The van der Waals surface area contributed by atoms with Crippen LogP contribution in [0.4, 0.5) is 22.6 Å². The summed E-state index contributed by atoms with van der Waals surface area (Å²) in [6.45, 7) is 11.8.